The van der Waals surface area contributed by atoms with Crippen molar-refractivity contribution in [2.45, 2.75) is 32.5 Å². The van der Waals surface area contributed by atoms with E-state index in [0.29, 0.717) is 12.5 Å². The van der Waals surface area contributed by atoms with Gasteiger partial charge in [-0.2, -0.15) is 0 Å². The lowest BCUT2D eigenvalue weighted by Gasteiger charge is -2.22. The van der Waals surface area contributed by atoms with Gasteiger partial charge in [0.2, 0.25) is 0 Å². The van der Waals surface area contributed by atoms with Crippen LogP contribution in [0.25, 0.3) is 0 Å². The summed E-state index contributed by atoms with van der Waals surface area (Å²) in [5.74, 6) is 0.479. The summed E-state index contributed by atoms with van der Waals surface area (Å²) < 4.78 is 10.5. The van der Waals surface area contributed by atoms with Crippen molar-refractivity contribution in [2.24, 2.45) is 0 Å². The molecule has 1 atom stereocenters. The second-order valence-corrected chi connectivity index (χ2v) is 3.74. The molecule has 0 fully saturated rings. The maximum absolute atomic E-state index is 5.59. The fraction of sp³-hybridized carbons (Fsp3) is 1.00. The van der Waals surface area contributed by atoms with Crippen LogP contribution < -0.4 is 0 Å². The minimum atomic E-state index is -0.108. The molecular weight excluding hydrogens is 164 g/mol. The highest BCUT2D eigenvalue weighted by atomic mass is 35.5. The Labute approximate surface area is 73.8 Å². The maximum atomic E-state index is 5.59. The van der Waals surface area contributed by atoms with Gasteiger partial charge in [0.25, 0.3) is 0 Å². The second-order valence-electron chi connectivity index (χ2n) is 3.44. The van der Waals surface area contributed by atoms with Crippen molar-refractivity contribution in [2.75, 3.05) is 19.6 Å². The van der Waals surface area contributed by atoms with Crippen molar-refractivity contribution in [3.8, 4) is 0 Å². The van der Waals surface area contributed by atoms with Crippen molar-refractivity contribution in [1.82, 2.24) is 0 Å². The summed E-state index contributed by atoms with van der Waals surface area (Å²) in [6, 6.07) is 0. The van der Waals surface area contributed by atoms with Crippen LogP contribution in [-0.4, -0.2) is 31.3 Å². The smallest absolute Gasteiger partial charge is 0.0939 e. The van der Waals surface area contributed by atoms with Crippen LogP contribution in [0.15, 0.2) is 0 Å². The molecule has 0 saturated carbocycles. The molecular formula is C8H17ClO2. The first-order chi connectivity index (χ1) is 4.99. The number of methoxy groups -OCH3 is 1. The fourth-order valence-electron chi connectivity index (χ4n) is 0.519. The Morgan fingerprint density at radius 1 is 1.36 bits per heavy atom. The number of hydrogen-bond acceptors (Lipinski definition) is 2. The van der Waals surface area contributed by atoms with E-state index in [1.165, 1.54) is 0 Å². The van der Waals surface area contributed by atoms with Gasteiger partial charge in [0.1, 0.15) is 0 Å². The minimum absolute atomic E-state index is 0.0101. The molecule has 0 aliphatic carbocycles. The molecule has 2 nitrogen and oxygen atoms in total. The first kappa shape index (κ1) is 11.2. The van der Waals surface area contributed by atoms with Crippen LogP contribution in [0.5, 0.6) is 0 Å². The van der Waals surface area contributed by atoms with Gasteiger partial charge >= 0.3 is 0 Å². The number of alkyl halides is 1. The van der Waals surface area contributed by atoms with E-state index in [1.807, 2.05) is 20.8 Å². The third-order valence-electron chi connectivity index (χ3n) is 1.21. The molecule has 0 radical (unpaired) electrons. The minimum Gasteiger partial charge on any atom is -0.378 e. The summed E-state index contributed by atoms with van der Waals surface area (Å²) in [5.41, 5.74) is -0.108. The third kappa shape index (κ3) is 6.60. The lowest BCUT2D eigenvalue weighted by Crippen LogP contribution is -2.28. The largest absolute Gasteiger partial charge is 0.378 e. The van der Waals surface area contributed by atoms with Crippen molar-refractivity contribution in [1.29, 1.82) is 0 Å². The molecule has 3 heteroatoms. The Hall–Kier alpha value is 0.210. The van der Waals surface area contributed by atoms with E-state index >= 15 is 0 Å². The molecule has 1 unspecified atom stereocenters. The van der Waals surface area contributed by atoms with Gasteiger partial charge in [-0.1, -0.05) is 0 Å². The molecule has 0 spiro atoms. The average Bonchev–Trinajstić information content (AvgIpc) is 1.88. The van der Waals surface area contributed by atoms with Crippen molar-refractivity contribution in [3.63, 3.8) is 0 Å². The van der Waals surface area contributed by atoms with Crippen molar-refractivity contribution >= 4 is 11.6 Å². The summed E-state index contributed by atoms with van der Waals surface area (Å²) in [5, 5.41) is 0. The average molecular weight is 181 g/mol. The van der Waals surface area contributed by atoms with E-state index in [1.54, 1.807) is 7.11 Å². The quantitative estimate of drug-likeness (QED) is 0.617. The Balaban J connectivity index is 3.51. The molecule has 0 aliphatic rings. The number of ether oxygens (including phenoxy) is 2. The monoisotopic (exact) mass is 180 g/mol. The zero-order chi connectivity index (χ0) is 8.91. The number of hydrogen-bond donors (Lipinski definition) is 0. The molecule has 0 bridgehead atoms. The van der Waals surface area contributed by atoms with Crippen LogP contribution in [0.2, 0.25) is 0 Å². The molecule has 11 heavy (non-hydrogen) atoms. The van der Waals surface area contributed by atoms with Gasteiger partial charge in [-0.25, -0.2) is 0 Å². The van der Waals surface area contributed by atoms with Gasteiger partial charge in [0, 0.05) is 7.11 Å². The Morgan fingerprint density at radius 3 is 2.18 bits per heavy atom. The zero-order valence-corrected chi connectivity index (χ0v) is 8.44. The Morgan fingerprint density at radius 2 is 1.91 bits per heavy atom. The third-order valence-corrected chi connectivity index (χ3v) is 1.55. The number of rotatable bonds is 4. The van der Waals surface area contributed by atoms with Gasteiger partial charge in [-0.05, 0) is 20.8 Å². The van der Waals surface area contributed by atoms with Crippen LogP contribution >= 0.6 is 11.6 Å². The molecule has 0 rings (SSSR count). The molecule has 0 aromatic rings. The van der Waals surface area contributed by atoms with Crippen LogP contribution in [0.3, 0.4) is 0 Å². The van der Waals surface area contributed by atoms with Crippen LogP contribution in [-0.2, 0) is 9.47 Å². The summed E-state index contributed by atoms with van der Waals surface area (Å²) >= 11 is 5.59. The highest BCUT2D eigenvalue weighted by Gasteiger charge is 2.13. The lowest BCUT2D eigenvalue weighted by atomic mass is 10.2. The predicted molar refractivity (Wildman–Crippen MR) is 47.2 cm³/mol. The van der Waals surface area contributed by atoms with E-state index < -0.39 is 0 Å². The fourth-order valence-corrected chi connectivity index (χ4v) is 0.734. The summed E-state index contributed by atoms with van der Waals surface area (Å²) in [6.07, 6.45) is 0.0101. The van der Waals surface area contributed by atoms with Crippen LogP contribution in [0.1, 0.15) is 20.8 Å². The highest BCUT2D eigenvalue weighted by Crippen LogP contribution is 2.08. The van der Waals surface area contributed by atoms with Crippen LogP contribution in [0.4, 0.5) is 0 Å². The van der Waals surface area contributed by atoms with E-state index in [0.717, 1.165) is 0 Å². The second kappa shape index (κ2) is 4.96. The number of halogens is 1. The van der Waals surface area contributed by atoms with E-state index in [-0.39, 0.29) is 11.7 Å². The molecule has 0 aromatic carbocycles. The Bertz CT molecular complexity index is 94.8. The topological polar surface area (TPSA) is 18.5 Å². The molecule has 0 N–H and O–H groups in total. The van der Waals surface area contributed by atoms with Gasteiger partial charge in [-0.15, -0.1) is 11.6 Å². The van der Waals surface area contributed by atoms with E-state index in [2.05, 4.69) is 0 Å². The lowest BCUT2D eigenvalue weighted by molar-refractivity contribution is -0.0539. The van der Waals surface area contributed by atoms with Crippen molar-refractivity contribution in [3.05, 3.63) is 0 Å². The summed E-state index contributed by atoms with van der Waals surface area (Å²) in [4.78, 5) is 0. The summed E-state index contributed by atoms with van der Waals surface area (Å²) in [7, 11) is 1.64. The standard InChI is InChI=1S/C8H17ClO2/c1-8(2,3)11-6-7(5-9)10-4/h7H,5-6H2,1-4H3. The maximum Gasteiger partial charge on any atom is 0.0939 e. The Kier molecular flexibility index (Phi) is 5.06. The van der Waals surface area contributed by atoms with Crippen molar-refractivity contribution < 1.29 is 9.47 Å². The molecule has 0 aromatic heterocycles. The summed E-state index contributed by atoms with van der Waals surface area (Å²) in [6.45, 7) is 6.58. The van der Waals surface area contributed by atoms with Gasteiger partial charge in [-0.3, -0.25) is 0 Å². The van der Waals surface area contributed by atoms with E-state index in [4.69, 9.17) is 21.1 Å². The molecule has 0 aliphatic heterocycles. The predicted octanol–water partition coefficient (Wildman–Crippen LogP) is 2.06. The van der Waals surface area contributed by atoms with Crippen LogP contribution in [0, 0.1) is 0 Å². The molecule has 0 saturated heterocycles. The van der Waals surface area contributed by atoms with E-state index in [9.17, 15) is 0 Å². The van der Waals surface area contributed by atoms with Gasteiger partial charge in [0.05, 0.1) is 24.2 Å². The highest BCUT2D eigenvalue weighted by molar-refractivity contribution is 6.18. The van der Waals surface area contributed by atoms with Gasteiger partial charge in [0.15, 0.2) is 0 Å². The molecule has 0 amide bonds. The molecule has 68 valence electrons. The SMILES string of the molecule is COC(CCl)COC(C)(C)C. The molecule has 0 heterocycles. The zero-order valence-electron chi connectivity index (χ0n) is 7.69. The normalized spacial score (nSPS) is 15.0. The first-order valence-electron chi connectivity index (χ1n) is 3.72. The van der Waals surface area contributed by atoms with Gasteiger partial charge < -0.3 is 9.47 Å². The first-order valence-corrected chi connectivity index (χ1v) is 4.26.